The molecule has 3 N–H and O–H groups in total. The normalized spacial score (nSPS) is 11.2. The zero-order chi connectivity index (χ0) is 15.3. The number of halogens is 1. The van der Waals surface area contributed by atoms with Gasteiger partial charge < -0.3 is 15.5 Å². The lowest BCUT2D eigenvalue weighted by Crippen LogP contribution is -2.53. The highest BCUT2D eigenvalue weighted by Crippen LogP contribution is 2.28. The molecule has 0 aliphatic heterocycles. The third kappa shape index (κ3) is 3.33. The fourth-order valence-electron chi connectivity index (χ4n) is 1.59. The highest BCUT2D eigenvalue weighted by molar-refractivity contribution is 9.10. The van der Waals surface area contributed by atoms with Crippen LogP contribution in [0.5, 0.6) is 0 Å². The zero-order valence-electron chi connectivity index (χ0n) is 10.8. The van der Waals surface area contributed by atoms with E-state index in [0.29, 0.717) is 6.42 Å². The van der Waals surface area contributed by atoms with Crippen LogP contribution in [0.4, 0.5) is 5.69 Å². The number of benzene rings is 1. The Bertz CT molecular complexity index is 508. The topological polar surface area (TPSA) is 113 Å². The van der Waals surface area contributed by atoms with E-state index in [1.54, 1.807) is 6.92 Å². The second-order valence-corrected chi connectivity index (χ2v) is 5.09. The third-order valence-electron chi connectivity index (χ3n) is 3.08. The van der Waals surface area contributed by atoms with Crippen molar-refractivity contribution in [3.63, 3.8) is 0 Å². The van der Waals surface area contributed by atoms with Gasteiger partial charge in [-0.2, -0.15) is 0 Å². The van der Waals surface area contributed by atoms with Crippen molar-refractivity contribution in [1.29, 1.82) is 0 Å². The first-order chi connectivity index (χ1) is 9.40. The van der Waals surface area contributed by atoms with Crippen molar-refractivity contribution in [2.24, 2.45) is 0 Å². The highest BCUT2D eigenvalue weighted by atomic mass is 79.9. The Labute approximate surface area is 123 Å². The average Bonchev–Trinajstić information content (AvgIpc) is 2.44. The summed E-state index contributed by atoms with van der Waals surface area (Å²) in [7, 11) is 0. The van der Waals surface area contributed by atoms with Crippen LogP contribution < -0.4 is 5.32 Å². The predicted molar refractivity (Wildman–Crippen MR) is 75.5 cm³/mol. The van der Waals surface area contributed by atoms with E-state index in [-0.39, 0.29) is 15.7 Å². The molecule has 0 heterocycles. The Hall–Kier alpha value is -1.51. The molecule has 1 aromatic rings. The number of nitro benzene ring substituents is 1. The summed E-state index contributed by atoms with van der Waals surface area (Å²) < 4.78 is 0.0587. The van der Waals surface area contributed by atoms with Gasteiger partial charge in [-0.15, -0.1) is 0 Å². The van der Waals surface area contributed by atoms with Crippen molar-refractivity contribution in [2.45, 2.75) is 18.9 Å². The molecule has 1 rings (SSSR count). The van der Waals surface area contributed by atoms with Gasteiger partial charge in [0.05, 0.1) is 29.2 Å². The number of carbonyl (C=O) groups is 1. The highest BCUT2D eigenvalue weighted by Gasteiger charge is 2.30. The fraction of sp³-hybridized carbons (Fsp3) is 0.417. The number of aliphatic hydroxyl groups excluding tert-OH is 2. The molecule has 0 saturated heterocycles. The van der Waals surface area contributed by atoms with Crippen LogP contribution in [0.2, 0.25) is 0 Å². The minimum Gasteiger partial charge on any atom is -0.394 e. The van der Waals surface area contributed by atoms with E-state index in [9.17, 15) is 25.1 Å². The number of aliphatic hydroxyl groups is 2. The van der Waals surface area contributed by atoms with E-state index in [1.807, 2.05) is 0 Å². The van der Waals surface area contributed by atoms with Gasteiger partial charge in [0.15, 0.2) is 0 Å². The maximum atomic E-state index is 12.1. The number of hydrogen-bond acceptors (Lipinski definition) is 5. The molecule has 1 aromatic carbocycles. The predicted octanol–water partition coefficient (Wildman–Crippen LogP) is 1.22. The molecule has 1 amide bonds. The van der Waals surface area contributed by atoms with E-state index in [4.69, 9.17) is 0 Å². The van der Waals surface area contributed by atoms with Crippen molar-refractivity contribution in [1.82, 2.24) is 5.32 Å². The molecule has 0 aliphatic rings. The van der Waals surface area contributed by atoms with Crippen molar-refractivity contribution in [3.8, 4) is 0 Å². The molecular weight excluding hydrogens is 332 g/mol. The van der Waals surface area contributed by atoms with Gasteiger partial charge in [-0.05, 0) is 28.4 Å². The zero-order valence-corrected chi connectivity index (χ0v) is 12.4. The van der Waals surface area contributed by atoms with Crippen LogP contribution in [0.15, 0.2) is 22.7 Å². The number of rotatable bonds is 6. The van der Waals surface area contributed by atoms with Crippen molar-refractivity contribution >= 4 is 27.5 Å². The van der Waals surface area contributed by atoms with Crippen LogP contribution >= 0.6 is 15.9 Å². The van der Waals surface area contributed by atoms with Gasteiger partial charge in [0.2, 0.25) is 0 Å². The molecule has 0 atom stereocenters. The monoisotopic (exact) mass is 346 g/mol. The van der Waals surface area contributed by atoms with Gasteiger partial charge in [-0.1, -0.05) is 13.0 Å². The maximum absolute atomic E-state index is 12.1. The molecule has 0 radical (unpaired) electrons. The van der Waals surface area contributed by atoms with Gasteiger partial charge in [-0.3, -0.25) is 14.9 Å². The van der Waals surface area contributed by atoms with Gasteiger partial charge in [0, 0.05) is 6.07 Å². The summed E-state index contributed by atoms with van der Waals surface area (Å²) in [5.41, 5.74) is -1.31. The number of nitrogens with one attached hydrogen (secondary N) is 1. The summed E-state index contributed by atoms with van der Waals surface area (Å²) >= 11 is 3.03. The van der Waals surface area contributed by atoms with E-state index in [1.165, 1.54) is 18.2 Å². The lowest BCUT2D eigenvalue weighted by atomic mass is 9.97. The quantitative estimate of drug-likeness (QED) is 0.529. The van der Waals surface area contributed by atoms with E-state index < -0.39 is 29.6 Å². The molecular formula is C12H15BrN2O5. The summed E-state index contributed by atoms with van der Waals surface area (Å²) in [6.07, 6.45) is 0.318. The standard InChI is InChI=1S/C12H15BrN2O5/c1-2-12(6-16,7-17)14-11(18)8-4-3-5-9(10(8)13)15(19)20/h3-5,16-17H,2,6-7H2,1H3,(H,14,18). The number of nitro groups is 1. The van der Waals surface area contributed by atoms with Crippen LogP contribution in [-0.4, -0.2) is 39.8 Å². The van der Waals surface area contributed by atoms with Crippen LogP contribution in [-0.2, 0) is 0 Å². The van der Waals surface area contributed by atoms with Gasteiger partial charge in [-0.25, -0.2) is 0 Å². The van der Waals surface area contributed by atoms with E-state index >= 15 is 0 Å². The molecule has 7 nitrogen and oxygen atoms in total. The van der Waals surface area contributed by atoms with Crippen LogP contribution in [0.1, 0.15) is 23.7 Å². The minimum atomic E-state index is -1.15. The first-order valence-electron chi connectivity index (χ1n) is 5.88. The summed E-state index contributed by atoms with van der Waals surface area (Å²) in [4.78, 5) is 22.4. The second kappa shape index (κ2) is 6.78. The number of amides is 1. The Balaban J connectivity index is 3.10. The lowest BCUT2D eigenvalue weighted by molar-refractivity contribution is -0.385. The summed E-state index contributed by atoms with van der Waals surface area (Å²) in [5, 5.41) is 31.9. The third-order valence-corrected chi connectivity index (χ3v) is 3.91. The minimum absolute atomic E-state index is 0.0587. The average molecular weight is 347 g/mol. The van der Waals surface area contributed by atoms with Crippen molar-refractivity contribution in [2.75, 3.05) is 13.2 Å². The van der Waals surface area contributed by atoms with Crippen LogP contribution in [0.3, 0.4) is 0 Å². The van der Waals surface area contributed by atoms with Crippen molar-refractivity contribution in [3.05, 3.63) is 38.3 Å². The second-order valence-electron chi connectivity index (χ2n) is 4.30. The van der Waals surface area contributed by atoms with E-state index in [0.717, 1.165) is 0 Å². The Morgan fingerprint density at radius 3 is 2.50 bits per heavy atom. The molecule has 0 bridgehead atoms. The Morgan fingerprint density at radius 1 is 1.45 bits per heavy atom. The molecule has 0 aliphatic carbocycles. The lowest BCUT2D eigenvalue weighted by Gasteiger charge is -2.29. The molecule has 0 aromatic heterocycles. The first kappa shape index (κ1) is 16.5. The van der Waals surface area contributed by atoms with Gasteiger partial charge in [0.25, 0.3) is 11.6 Å². The fourth-order valence-corrected chi connectivity index (χ4v) is 2.17. The molecule has 0 spiro atoms. The number of nitrogens with zero attached hydrogens (tertiary/aromatic N) is 1. The Morgan fingerprint density at radius 2 is 2.05 bits per heavy atom. The van der Waals surface area contributed by atoms with Crippen LogP contribution in [0, 0.1) is 10.1 Å². The first-order valence-corrected chi connectivity index (χ1v) is 6.67. The summed E-state index contributed by atoms with van der Waals surface area (Å²) in [5.74, 6) is -0.606. The molecule has 0 fully saturated rings. The summed E-state index contributed by atoms with van der Waals surface area (Å²) in [6.45, 7) is 0.839. The Kier molecular flexibility index (Phi) is 5.61. The summed E-state index contributed by atoms with van der Waals surface area (Å²) in [6, 6.07) is 4.08. The van der Waals surface area contributed by atoms with Gasteiger partial charge in [0.1, 0.15) is 4.47 Å². The molecule has 20 heavy (non-hydrogen) atoms. The van der Waals surface area contributed by atoms with E-state index in [2.05, 4.69) is 21.2 Å². The van der Waals surface area contributed by atoms with Gasteiger partial charge >= 0.3 is 0 Å². The van der Waals surface area contributed by atoms with Crippen LogP contribution in [0.25, 0.3) is 0 Å². The number of carbonyl (C=O) groups excluding carboxylic acids is 1. The smallest absolute Gasteiger partial charge is 0.284 e. The molecule has 0 unspecified atom stereocenters. The number of hydrogen-bond donors (Lipinski definition) is 3. The molecule has 0 saturated carbocycles. The largest absolute Gasteiger partial charge is 0.394 e. The molecule has 110 valence electrons. The maximum Gasteiger partial charge on any atom is 0.284 e. The molecule has 8 heteroatoms. The SMILES string of the molecule is CCC(CO)(CO)NC(=O)c1cccc([N+](=O)[O-])c1Br. The van der Waals surface area contributed by atoms with Crippen molar-refractivity contribution < 1.29 is 19.9 Å².